The van der Waals surface area contributed by atoms with E-state index >= 15 is 4.39 Å². The van der Waals surface area contributed by atoms with Crippen molar-refractivity contribution in [1.82, 2.24) is 20.1 Å². The Morgan fingerprint density at radius 3 is 2.25 bits per heavy atom. The van der Waals surface area contributed by atoms with E-state index in [9.17, 15) is 33.5 Å². The number of aliphatic carboxylic acids is 1. The molecule has 0 bridgehead atoms. The van der Waals surface area contributed by atoms with Crippen LogP contribution in [0.25, 0.3) is 11.1 Å². The number of esters is 1. The minimum Gasteiger partial charge on any atom is -0.480 e. The second-order valence-electron chi connectivity index (χ2n) is 17.5. The van der Waals surface area contributed by atoms with Crippen LogP contribution in [0.5, 0.6) is 0 Å². The topological polar surface area (TPSA) is 156 Å². The summed E-state index contributed by atoms with van der Waals surface area (Å²) in [5.74, 6) is -3.65. The maximum atomic E-state index is 15.3. The molecule has 16 heteroatoms. The molecule has 12 nitrogen and oxygen atoms in total. The molecule has 0 radical (unpaired) electrons. The van der Waals surface area contributed by atoms with E-state index in [1.165, 1.54) is 0 Å². The van der Waals surface area contributed by atoms with Crippen LogP contribution in [0.3, 0.4) is 0 Å². The quantitative estimate of drug-likeness (QED) is 0.0724. The number of alkyl carbamates (subject to hydrolysis) is 1. The highest BCUT2D eigenvalue weighted by molar-refractivity contribution is 8.32. The van der Waals surface area contributed by atoms with Gasteiger partial charge < -0.3 is 34.7 Å². The van der Waals surface area contributed by atoms with Gasteiger partial charge in [0, 0.05) is 60.6 Å². The van der Waals surface area contributed by atoms with Gasteiger partial charge in [0.25, 0.3) is 0 Å². The number of carboxylic acids is 1. The number of nitrogens with zero attached hydrogens (tertiary/aromatic N) is 2. The maximum Gasteiger partial charge on any atom is 0.407 e. The van der Waals surface area contributed by atoms with Gasteiger partial charge in [-0.2, -0.15) is 0 Å². The smallest absolute Gasteiger partial charge is 0.407 e. The number of halogens is 2. The van der Waals surface area contributed by atoms with E-state index in [0.717, 1.165) is 41.3 Å². The molecule has 0 spiro atoms. The molecule has 2 aromatic carbocycles. The van der Waals surface area contributed by atoms with Gasteiger partial charge in [-0.15, -0.1) is 11.8 Å². The number of rotatable bonds is 21. The van der Waals surface area contributed by atoms with Crippen LogP contribution in [0, 0.1) is 17.0 Å². The summed E-state index contributed by atoms with van der Waals surface area (Å²) in [7, 11) is -0.858. The van der Waals surface area contributed by atoms with E-state index in [-0.39, 0.29) is 55.5 Å². The van der Waals surface area contributed by atoms with Gasteiger partial charge in [0.2, 0.25) is 11.8 Å². The van der Waals surface area contributed by atoms with Crippen molar-refractivity contribution in [3.8, 4) is 11.1 Å². The number of amides is 3. The van der Waals surface area contributed by atoms with Crippen molar-refractivity contribution >= 4 is 51.6 Å². The first-order valence-corrected chi connectivity index (χ1v) is 24.0. The average molecular weight is 877 g/mol. The Morgan fingerprint density at radius 2 is 1.63 bits per heavy atom. The third-order valence-corrected chi connectivity index (χ3v) is 11.4. The molecule has 0 aliphatic carbocycles. The standard InChI is InChI=1S/C44H62F2N4O8S2/c1-43(2,3)40(36-24-31(33-25-32(45)16-17-34(33)46)27-49(36)26-30-14-11-10-12-15-30)50(21-13-20-47-42(56)57-22-23-60(7,8)9)38(52)29-59-28-35(41(54)55)48-37(51)18-19-39(53)58-44(4,5)6/h10-12,14-17,24-25,27,35,40H,13,18-23,26,28-29H2,1-9H3,(H,47,56)(H,48,51)(H,54,55)/t35-,40-/m0/s1. The molecule has 60 heavy (non-hydrogen) atoms. The summed E-state index contributed by atoms with van der Waals surface area (Å²) >= 11 is 1.03. The van der Waals surface area contributed by atoms with Crippen LogP contribution in [-0.2, 0) is 35.2 Å². The Hall–Kier alpha value is -4.57. The normalized spacial score (nSPS) is 13.2. The predicted octanol–water partition coefficient (Wildman–Crippen LogP) is 7.63. The van der Waals surface area contributed by atoms with Crippen molar-refractivity contribution in [3.63, 3.8) is 0 Å². The molecule has 0 saturated carbocycles. The number of aromatic nitrogens is 1. The van der Waals surface area contributed by atoms with Gasteiger partial charge in [0.1, 0.15) is 29.9 Å². The number of benzene rings is 2. The summed E-state index contributed by atoms with van der Waals surface area (Å²) in [5.41, 5.74) is 0.696. The van der Waals surface area contributed by atoms with Gasteiger partial charge in [-0.3, -0.25) is 14.4 Å². The van der Waals surface area contributed by atoms with Crippen molar-refractivity contribution in [1.29, 1.82) is 0 Å². The molecule has 3 amide bonds. The summed E-state index contributed by atoms with van der Waals surface area (Å²) in [5, 5.41) is 15.1. The SMILES string of the molecule is CC(C)(C)OC(=O)CCC(=O)N[C@@H](CSCC(=O)N(CCCNC(=O)OCCS(C)(C)C)[C@@H](c1cc(-c2cc(F)ccc2F)cn1Cc1ccccc1)C(C)(C)C)C(=O)O. The van der Waals surface area contributed by atoms with Gasteiger partial charge in [0.05, 0.1) is 18.2 Å². The molecule has 0 unspecified atom stereocenters. The lowest BCUT2D eigenvalue weighted by Crippen LogP contribution is -2.45. The zero-order valence-electron chi connectivity index (χ0n) is 36.3. The second kappa shape index (κ2) is 22.3. The lowest BCUT2D eigenvalue weighted by molar-refractivity contribution is -0.155. The molecule has 0 fully saturated rings. The predicted molar refractivity (Wildman–Crippen MR) is 235 cm³/mol. The van der Waals surface area contributed by atoms with E-state index in [4.69, 9.17) is 9.47 Å². The molecule has 3 aromatic rings. The zero-order valence-corrected chi connectivity index (χ0v) is 37.9. The molecule has 0 saturated heterocycles. The van der Waals surface area contributed by atoms with Crippen LogP contribution in [-0.4, -0.2) is 112 Å². The molecular weight excluding hydrogens is 815 g/mol. The second-order valence-corrected chi connectivity index (χ2v) is 23.1. The summed E-state index contributed by atoms with van der Waals surface area (Å²) in [6.07, 6.45) is 7.40. The summed E-state index contributed by atoms with van der Waals surface area (Å²) in [6.45, 7) is 12.0. The van der Waals surface area contributed by atoms with Gasteiger partial charge in [-0.1, -0.05) is 51.1 Å². The largest absolute Gasteiger partial charge is 0.480 e. The Bertz CT molecular complexity index is 1920. The summed E-state index contributed by atoms with van der Waals surface area (Å²) in [4.78, 5) is 65.6. The Morgan fingerprint density at radius 1 is 0.950 bits per heavy atom. The summed E-state index contributed by atoms with van der Waals surface area (Å²) in [6, 6.07) is 12.6. The molecule has 3 rings (SSSR count). The Labute approximate surface area is 358 Å². The van der Waals surface area contributed by atoms with Gasteiger partial charge in [0.15, 0.2) is 0 Å². The van der Waals surface area contributed by atoms with E-state index < -0.39 is 68.7 Å². The van der Waals surface area contributed by atoms with Crippen LogP contribution in [0.15, 0.2) is 60.8 Å². The van der Waals surface area contributed by atoms with Crippen LogP contribution >= 0.6 is 21.8 Å². The molecule has 0 aliphatic heterocycles. The monoisotopic (exact) mass is 876 g/mol. The maximum absolute atomic E-state index is 15.3. The average Bonchev–Trinajstić information content (AvgIpc) is 3.53. The highest BCUT2D eigenvalue weighted by Gasteiger charge is 2.37. The van der Waals surface area contributed by atoms with E-state index in [2.05, 4.69) is 29.4 Å². The van der Waals surface area contributed by atoms with Gasteiger partial charge in [-0.05, 0) is 81.2 Å². The van der Waals surface area contributed by atoms with Gasteiger partial charge in [-0.25, -0.2) is 28.4 Å². The first-order valence-electron chi connectivity index (χ1n) is 19.8. The number of carbonyl (C=O) groups excluding carboxylic acids is 4. The fourth-order valence-electron chi connectivity index (χ4n) is 6.28. The van der Waals surface area contributed by atoms with E-state index in [1.807, 2.05) is 55.7 Å². The molecule has 2 atom stereocenters. The minimum atomic E-state index is -1.34. The molecular formula is C44H62F2N4O8S2. The number of nitrogens with one attached hydrogen (secondary N) is 2. The minimum absolute atomic E-state index is 0.0628. The molecule has 3 N–H and O–H groups in total. The zero-order chi connectivity index (χ0) is 44.8. The lowest BCUT2D eigenvalue weighted by atomic mass is 9.83. The van der Waals surface area contributed by atoms with Crippen LogP contribution in [0.1, 0.15) is 78.1 Å². The lowest BCUT2D eigenvalue weighted by Gasteiger charge is -2.41. The molecule has 0 aliphatic rings. The Balaban J connectivity index is 1.93. The fraction of sp³-hybridized carbons (Fsp3) is 0.523. The van der Waals surface area contributed by atoms with Gasteiger partial charge >= 0.3 is 18.0 Å². The highest BCUT2D eigenvalue weighted by Crippen LogP contribution is 2.41. The summed E-state index contributed by atoms with van der Waals surface area (Å²) < 4.78 is 42.3. The van der Waals surface area contributed by atoms with E-state index in [1.54, 1.807) is 37.9 Å². The number of carboxylic acid groups (broad SMARTS) is 1. The first-order chi connectivity index (χ1) is 27.9. The van der Waals surface area contributed by atoms with Crippen molar-refractivity contribution in [2.45, 2.75) is 85.0 Å². The van der Waals surface area contributed by atoms with Crippen LogP contribution in [0.4, 0.5) is 13.6 Å². The fourth-order valence-corrected chi connectivity index (χ4v) is 7.78. The van der Waals surface area contributed by atoms with Crippen LogP contribution < -0.4 is 10.6 Å². The number of thioether (sulfide) groups is 1. The number of hydrogen-bond acceptors (Lipinski definition) is 8. The number of ether oxygens (including phenoxy) is 2. The number of hydrogen-bond donors (Lipinski definition) is 3. The number of carbonyl (C=O) groups is 5. The Kier molecular flexibility index (Phi) is 18.5. The molecule has 1 aromatic heterocycles. The third kappa shape index (κ3) is 17.2. The molecule has 1 heterocycles. The van der Waals surface area contributed by atoms with Crippen molar-refractivity contribution < 1.29 is 47.3 Å². The molecule has 332 valence electrons. The van der Waals surface area contributed by atoms with Crippen molar-refractivity contribution in [2.24, 2.45) is 5.41 Å². The van der Waals surface area contributed by atoms with Crippen molar-refractivity contribution in [2.75, 3.05) is 55.7 Å². The van der Waals surface area contributed by atoms with Crippen molar-refractivity contribution in [3.05, 3.63) is 83.7 Å². The third-order valence-electron chi connectivity index (χ3n) is 8.99. The van der Waals surface area contributed by atoms with Crippen LogP contribution in [0.2, 0.25) is 0 Å². The first kappa shape index (κ1) is 49.8. The highest BCUT2D eigenvalue weighted by atomic mass is 32.3. The van der Waals surface area contributed by atoms with E-state index in [0.29, 0.717) is 24.2 Å².